The molecule has 0 bridgehead atoms. The first-order chi connectivity index (χ1) is 14.9. The van der Waals surface area contributed by atoms with Crippen LogP contribution in [0.1, 0.15) is 60.1 Å². The number of aromatic hydroxyl groups is 2. The molecule has 0 radical (unpaired) electrons. The molecule has 31 heavy (non-hydrogen) atoms. The lowest BCUT2D eigenvalue weighted by Gasteiger charge is -2.34. The van der Waals surface area contributed by atoms with Crippen LogP contribution in [0.2, 0.25) is 0 Å². The van der Waals surface area contributed by atoms with E-state index in [1.165, 1.54) is 0 Å². The minimum Gasteiger partial charge on any atom is -0.507 e. The zero-order valence-electron chi connectivity index (χ0n) is 17.0. The van der Waals surface area contributed by atoms with Crippen molar-refractivity contribution >= 4 is 24.9 Å². The van der Waals surface area contributed by atoms with Crippen LogP contribution in [0.4, 0.5) is 0 Å². The van der Waals surface area contributed by atoms with Crippen molar-refractivity contribution in [2.45, 2.75) is 32.1 Å². The molecule has 2 aromatic rings. The fourth-order valence-electron chi connectivity index (χ4n) is 3.79. The van der Waals surface area contributed by atoms with E-state index in [9.17, 15) is 10.2 Å². The lowest BCUT2D eigenvalue weighted by atomic mass is 9.69. The van der Waals surface area contributed by atoms with Gasteiger partial charge in [0.15, 0.2) is 0 Å². The zero-order chi connectivity index (χ0) is 23.0. The van der Waals surface area contributed by atoms with Gasteiger partial charge < -0.3 is 31.0 Å². The van der Waals surface area contributed by atoms with Gasteiger partial charge in [-0.05, 0) is 48.2 Å². The van der Waals surface area contributed by atoms with Crippen LogP contribution < -0.4 is 0 Å². The summed E-state index contributed by atoms with van der Waals surface area (Å²) in [4.78, 5) is 0. The van der Waals surface area contributed by atoms with Crippen molar-refractivity contribution in [2.75, 3.05) is 0 Å². The highest BCUT2D eigenvalue weighted by atomic mass is 16.4. The van der Waals surface area contributed by atoms with E-state index in [4.69, 9.17) is 20.8 Å². The fraction of sp³-hybridized carbons (Fsp3) is 0.238. The first-order valence-corrected chi connectivity index (χ1v) is 9.37. The normalized spacial score (nSPS) is 12.7. The average Bonchev–Trinajstić information content (AvgIpc) is 2.76. The van der Waals surface area contributed by atoms with Crippen LogP contribution >= 0.6 is 0 Å². The summed E-state index contributed by atoms with van der Waals surface area (Å²) in [6, 6.07) is 6.57. The van der Waals surface area contributed by atoms with Crippen molar-refractivity contribution in [2.24, 2.45) is 20.6 Å². The summed E-state index contributed by atoms with van der Waals surface area (Å²) in [7, 11) is 0. The fourth-order valence-corrected chi connectivity index (χ4v) is 3.79. The summed E-state index contributed by atoms with van der Waals surface area (Å²) in [5, 5.41) is 68.7. The molecule has 0 atom stereocenters. The van der Waals surface area contributed by atoms with E-state index in [0.717, 1.165) is 24.9 Å². The van der Waals surface area contributed by atoms with Crippen LogP contribution in [-0.4, -0.2) is 55.9 Å². The highest BCUT2D eigenvalue weighted by molar-refractivity contribution is 5.93. The van der Waals surface area contributed by atoms with Gasteiger partial charge in [0.25, 0.3) is 0 Å². The number of benzene rings is 2. The maximum absolute atomic E-state index is 10.4. The van der Waals surface area contributed by atoms with Gasteiger partial charge in [0.05, 0.1) is 24.9 Å². The lowest BCUT2D eigenvalue weighted by molar-refractivity contribution is 0.321. The van der Waals surface area contributed by atoms with Gasteiger partial charge in [-0.25, -0.2) is 0 Å². The molecule has 0 aliphatic carbocycles. The largest absolute Gasteiger partial charge is 0.507 e. The van der Waals surface area contributed by atoms with Crippen molar-refractivity contribution in [3.8, 4) is 11.5 Å². The van der Waals surface area contributed by atoms with E-state index < -0.39 is 5.41 Å². The molecule has 2 aromatic carbocycles. The first-order valence-electron chi connectivity index (χ1n) is 9.37. The molecule has 164 valence electrons. The summed E-state index contributed by atoms with van der Waals surface area (Å²) >= 11 is 0. The van der Waals surface area contributed by atoms with Gasteiger partial charge >= 0.3 is 0 Å². The van der Waals surface area contributed by atoms with Crippen LogP contribution in [0.25, 0.3) is 0 Å². The summed E-state index contributed by atoms with van der Waals surface area (Å²) in [6.07, 6.45) is 5.39. The monoisotopic (exact) mass is 428 g/mol. The van der Waals surface area contributed by atoms with Gasteiger partial charge in [-0.3, -0.25) is 0 Å². The van der Waals surface area contributed by atoms with Gasteiger partial charge in [-0.15, -0.1) is 0 Å². The number of rotatable bonds is 8. The highest BCUT2D eigenvalue weighted by Gasteiger charge is 2.33. The Morgan fingerprint density at radius 1 is 0.613 bits per heavy atom. The SMILES string of the molecule is CCC(CC)(c1cc(C=NO)c(O)c(C=NO)c1)c1cc(C=NO)c(O)c(C=NO)c1. The number of hydrogen-bond donors (Lipinski definition) is 6. The molecule has 0 heterocycles. The number of oxime groups is 4. The summed E-state index contributed by atoms with van der Waals surface area (Å²) in [5.74, 6) is -0.459. The van der Waals surface area contributed by atoms with Crippen molar-refractivity contribution in [1.82, 2.24) is 0 Å². The quantitative estimate of drug-likeness (QED) is 0.214. The third-order valence-corrected chi connectivity index (χ3v) is 5.44. The molecule has 0 amide bonds. The molecule has 0 aliphatic heterocycles. The van der Waals surface area contributed by atoms with Crippen LogP contribution in [0.3, 0.4) is 0 Å². The van der Waals surface area contributed by atoms with Crippen molar-refractivity contribution in [1.29, 1.82) is 0 Å². The zero-order valence-corrected chi connectivity index (χ0v) is 17.0. The van der Waals surface area contributed by atoms with E-state index in [2.05, 4.69) is 20.6 Å². The molecular formula is C21H24N4O6. The minimum atomic E-state index is -0.687. The summed E-state index contributed by atoms with van der Waals surface area (Å²) in [5.41, 5.74) is 1.52. The first kappa shape index (κ1) is 23.2. The molecule has 0 aliphatic rings. The summed E-state index contributed by atoms with van der Waals surface area (Å²) < 4.78 is 0. The summed E-state index contributed by atoms with van der Waals surface area (Å²) in [6.45, 7) is 3.89. The molecule has 0 aromatic heterocycles. The van der Waals surface area contributed by atoms with Crippen molar-refractivity contribution < 1.29 is 31.0 Å². The van der Waals surface area contributed by atoms with E-state index in [1.807, 2.05) is 13.8 Å². The third-order valence-electron chi connectivity index (χ3n) is 5.44. The van der Waals surface area contributed by atoms with Crippen LogP contribution in [0.15, 0.2) is 44.9 Å². The predicted octanol–water partition coefficient (Wildman–Crippen LogP) is 3.44. The van der Waals surface area contributed by atoms with E-state index in [0.29, 0.717) is 24.0 Å². The Bertz CT molecular complexity index is 897. The van der Waals surface area contributed by atoms with Gasteiger partial charge in [0, 0.05) is 27.7 Å². The third kappa shape index (κ3) is 4.42. The standard InChI is InChI=1S/C21H24N4O6/c1-3-21(4-2,17-5-13(9-22-28)19(26)14(6-17)10-23-29)18-7-15(11-24-30)20(27)16(8-18)12-25-31/h5-12,26-31H,3-4H2,1-2H3. The van der Waals surface area contributed by atoms with Gasteiger partial charge in [-0.2, -0.15) is 0 Å². The molecule has 6 N–H and O–H groups in total. The second-order valence-corrected chi connectivity index (χ2v) is 6.77. The van der Waals surface area contributed by atoms with Crippen LogP contribution in [0.5, 0.6) is 11.5 Å². The Hall–Kier alpha value is -4.08. The van der Waals surface area contributed by atoms with E-state index in [1.54, 1.807) is 24.3 Å². The van der Waals surface area contributed by atoms with Gasteiger partial charge in [-0.1, -0.05) is 34.5 Å². The second-order valence-electron chi connectivity index (χ2n) is 6.77. The predicted molar refractivity (Wildman–Crippen MR) is 115 cm³/mol. The van der Waals surface area contributed by atoms with E-state index in [-0.39, 0.29) is 33.8 Å². The Balaban J connectivity index is 2.92. The molecule has 2 rings (SSSR count). The Kier molecular flexibility index (Phi) is 7.56. The highest BCUT2D eigenvalue weighted by Crippen LogP contribution is 2.42. The molecule has 0 fully saturated rings. The maximum atomic E-state index is 10.4. The lowest BCUT2D eigenvalue weighted by Crippen LogP contribution is -2.27. The molecule has 0 unspecified atom stereocenters. The van der Waals surface area contributed by atoms with Gasteiger partial charge in [0.1, 0.15) is 11.5 Å². The average molecular weight is 428 g/mol. The second kappa shape index (κ2) is 10.1. The van der Waals surface area contributed by atoms with Crippen LogP contribution in [0, 0.1) is 0 Å². The smallest absolute Gasteiger partial charge is 0.133 e. The molecule has 0 saturated heterocycles. The maximum Gasteiger partial charge on any atom is 0.133 e. The van der Waals surface area contributed by atoms with Gasteiger partial charge in [0.2, 0.25) is 0 Å². The number of nitrogens with zero attached hydrogens (tertiary/aromatic N) is 4. The number of phenolic OH excluding ortho intramolecular Hbond substituents is 2. The number of phenols is 2. The van der Waals surface area contributed by atoms with Crippen molar-refractivity contribution in [3.05, 3.63) is 57.6 Å². The molecular weight excluding hydrogens is 404 g/mol. The molecule has 10 heteroatoms. The minimum absolute atomic E-state index is 0.203. The Morgan fingerprint density at radius 2 is 0.871 bits per heavy atom. The number of hydrogen-bond acceptors (Lipinski definition) is 10. The molecule has 10 nitrogen and oxygen atoms in total. The topological polar surface area (TPSA) is 171 Å². The molecule has 0 spiro atoms. The Labute approximate surface area is 178 Å². The van der Waals surface area contributed by atoms with Crippen molar-refractivity contribution in [3.63, 3.8) is 0 Å². The van der Waals surface area contributed by atoms with E-state index >= 15 is 0 Å². The van der Waals surface area contributed by atoms with Crippen LogP contribution in [-0.2, 0) is 5.41 Å². The molecule has 0 saturated carbocycles. The Morgan fingerprint density at radius 3 is 1.06 bits per heavy atom.